The molecule has 0 heterocycles. The standard InChI is InChI=1S/C13H17NO2/c1-9(12(15)16)11-4-2-10(3-5-11)8-13(14)6-7-13/h2-5,9H,6-8,14H2,1H3,(H,15,16). The Hall–Kier alpha value is -1.35. The van der Waals surface area contributed by atoms with Crippen LogP contribution < -0.4 is 5.73 Å². The lowest BCUT2D eigenvalue weighted by Crippen LogP contribution is -2.24. The Morgan fingerprint density at radius 1 is 1.44 bits per heavy atom. The van der Waals surface area contributed by atoms with Gasteiger partial charge in [-0.2, -0.15) is 0 Å². The SMILES string of the molecule is CC(C(=O)O)c1ccc(CC2(N)CC2)cc1. The van der Waals surface area contributed by atoms with E-state index in [0.29, 0.717) is 0 Å². The van der Waals surface area contributed by atoms with Gasteiger partial charge in [0.1, 0.15) is 0 Å². The summed E-state index contributed by atoms with van der Waals surface area (Å²) in [4.78, 5) is 10.8. The molecule has 0 spiro atoms. The molecule has 1 saturated carbocycles. The Balaban J connectivity index is 2.07. The van der Waals surface area contributed by atoms with Gasteiger partial charge in [-0.15, -0.1) is 0 Å². The Morgan fingerprint density at radius 2 is 2.00 bits per heavy atom. The summed E-state index contributed by atoms with van der Waals surface area (Å²) in [6.07, 6.45) is 3.09. The van der Waals surface area contributed by atoms with Gasteiger partial charge < -0.3 is 10.8 Å². The van der Waals surface area contributed by atoms with Crippen LogP contribution in [0, 0.1) is 0 Å². The second kappa shape index (κ2) is 3.91. The molecule has 3 heteroatoms. The normalized spacial score (nSPS) is 19.1. The molecule has 0 aliphatic heterocycles. The van der Waals surface area contributed by atoms with E-state index < -0.39 is 11.9 Å². The maximum Gasteiger partial charge on any atom is 0.310 e. The number of benzene rings is 1. The number of hydrogen-bond acceptors (Lipinski definition) is 2. The zero-order valence-electron chi connectivity index (χ0n) is 9.44. The molecular weight excluding hydrogens is 202 g/mol. The summed E-state index contributed by atoms with van der Waals surface area (Å²) >= 11 is 0. The van der Waals surface area contributed by atoms with Crippen molar-refractivity contribution in [1.29, 1.82) is 0 Å². The fraction of sp³-hybridized carbons (Fsp3) is 0.462. The molecule has 2 rings (SSSR count). The number of carboxylic acid groups (broad SMARTS) is 1. The first-order chi connectivity index (χ1) is 7.50. The summed E-state index contributed by atoms with van der Waals surface area (Å²) in [6.45, 7) is 1.70. The van der Waals surface area contributed by atoms with E-state index in [0.717, 1.165) is 24.8 Å². The molecule has 1 aliphatic rings. The minimum absolute atomic E-state index is 0.0138. The summed E-state index contributed by atoms with van der Waals surface area (Å²) in [5.41, 5.74) is 8.09. The van der Waals surface area contributed by atoms with Crippen molar-refractivity contribution in [3.05, 3.63) is 35.4 Å². The van der Waals surface area contributed by atoms with Gasteiger partial charge in [0.05, 0.1) is 5.92 Å². The fourth-order valence-corrected chi connectivity index (χ4v) is 1.81. The van der Waals surface area contributed by atoms with Gasteiger partial charge in [0.2, 0.25) is 0 Å². The minimum atomic E-state index is -0.787. The van der Waals surface area contributed by atoms with E-state index in [-0.39, 0.29) is 5.54 Å². The van der Waals surface area contributed by atoms with E-state index in [4.69, 9.17) is 10.8 Å². The summed E-state index contributed by atoms with van der Waals surface area (Å²) in [6, 6.07) is 7.75. The number of aliphatic carboxylic acids is 1. The van der Waals surface area contributed by atoms with Crippen molar-refractivity contribution in [2.45, 2.75) is 37.6 Å². The monoisotopic (exact) mass is 219 g/mol. The molecule has 1 aliphatic carbocycles. The first-order valence-corrected chi connectivity index (χ1v) is 5.61. The maximum absolute atomic E-state index is 10.8. The van der Waals surface area contributed by atoms with Crippen molar-refractivity contribution in [2.24, 2.45) is 5.73 Å². The third-order valence-electron chi connectivity index (χ3n) is 3.30. The predicted molar refractivity (Wildman–Crippen MR) is 62.3 cm³/mol. The van der Waals surface area contributed by atoms with Crippen molar-refractivity contribution in [3.63, 3.8) is 0 Å². The number of carboxylic acids is 1. The smallest absolute Gasteiger partial charge is 0.310 e. The Labute approximate surface area is 95.3 Å². The molecule has 86 valence electrons. The van der Waals surface area contributed by atoms with Gasteiger partial charge in [0, 0.05) is 5.54 Å². The number of rotatable bonds is 4. The maximum atomic E-state index is 10.8. The third-order valence-corrected chi connectivity index (χ3v) is 3.30. The fourth-order valence-electron chi connectivity index (χ4n) is 1.81. The summed E-state index contributed by atoms with van der Waals surface area (Å²) in [7, 11) is 0. The molecule has 0 aromatic heterocycles. The average molecular weight is 219 g/mol. The number of carbonyl (C=O) groups is 1. The van der Waals surface area contributed by atoms with E-state index in [1.54, 1.807) is 6.92 Å². The molecule has 1 fully saturated rings. The summed E-state index contributed by atoms with van der Waals surface area (Å²) in [5, 5.41) is 8.88. The van der Waals surface area contributed by atoms with E-state index in [2.05, 4.69) is 0 Å². The highest BCUT2D eigenvalue weighted by molar-refractivity contribution is 5.75. The van der Waals surface area contributed by atoms with Gasteiger partial charge in [-0.25, -0.2) is 0 Å². The van der Waals surface area contributed by atoms with Crippen LogP contribution in [0.15, 0.2) is 24.3 Å². The first kappa shape index (κ1) is 11.1. The topological polar surface area (TPSA) is 63.3 Å². The van der Waals surface area contributed by atoms with E-state index in [9.17, 15) is 4.79 Å². The first-order valence-electron chi connectivity index (χ1n) is 5.61. The quantitative estimate of drug-likeness (QED) is 0.813. The van der Waals surface area contributed by atoms with Gasteiger partial charge in [0.15, 0.2) is 0 Å². The second-order valence-corrected chi connectivity index (χ2v) is 4.84. The van der Waals surface area contributed by atoms with Crippen LogP contribution in [0.5, 0.6) is 0 Å². The largest absolute Gasteiger partial charge is 0.481 e. The molecule has 16 heavy (non-hydrogen) atoms. The van der Waals surface area contributed by atoms with Crippen molar-refractivity contribution in [1.82, 2.24) is 0 Å². The lowest BCUT2D eigenvalue weighted by Gasteiger charge is -2.10. The van der Waals surface area contributed by atoms with Gasteiger partial charge in [-0.1, -0.05) is 24.3 Å². The predicted octanol–water partition coefficient (Wildman–Crippen LogP) is 1.91. The van der Waals surface area contributed by atoms with Crippen LogP contribution in [-0.4, -0.2) is 16.6 Å². The lowest BCUT2D eigenvalue weighted by molar-refractivity contribution is -0.138. The van der Waals surface area contributed by atoms with E-state index in [1.165, 1.54) is 5.56 Å². The Bertz CT molecular complexity index is 393. The van der Waals surface area contributed by atoms with Crippen LogP contribution in [0.2, 0.25) is 0 Å². The second-order valence-electron chi connectivity index (χ2n) is 4.84. The minimum Gasteiger partial charge on any atom is -0.481 e. The molecule has 1 aromatic rings. The van der Waals surface area contributed by atoms with E-state index in [1.807, 2.05) is 24.3 Å². The zero-order chi connectivity index (χ0) is 11.8. The summed E-state index contributed by atoms with van der Waals surface area (Å²) in [5.74, 6) is -1.23. The molecule has 1 aromatic carbocycles. The van der Waals surface area contributed by atoms with Gasteiger partial charge in [-0.05, 0) is 37.3 Å². The van der Waals surface area contributed by atoms with Crippen LogP contribution in [-0.2, 0) is 11.2 Å². The van der Waals surface area contributed by atoms with Crippen molar-refractivity contribution < 1.29 is 9.90 Å². The third kappa shape index (κ3) is 2.42. The summed E-state index contributed by atoms with van der Waals surface area (Å²) < 4.78 is 0. The molecule has 0 radical (unpaired) electrons. The van der Waals surface area contributed by atoms with E-state index >= 15 is 0 Å². The Kier molecular flexibility index (Phi) is 2.72. The van der Waals surface area contributed by atoms with Crippen LogP contribution >= 0.6 is 0 Å². The van der Waals surface area contributed by atoms with Gasteiger partial charge >= 0.3 is 5.97 Å². The van der Waals surface area contributed by atoms with Gasteiger partial charge in [-0.3, -0.25) is 4.79 Å². The van der Waals surface area contributed by atoms with Crippen LogP contribution in [0.3, 0.4) is 0 Å². The van der Waals surface area contributed by atoms with Crippen LogP contribution in [0.25, 0.3) is 0 Å². The highest BCUT2D eigenvalue weighted by Crippen LogP contribution is 2.35. The number of hydrogen-bond donors (Lipinski definition) is 2. The average Bonchev–Trinajstić information content (AvgIpc) is 2.96. The van der Waals surface area contributed by atoms with Crippen molar-refractivity contribution in [2.75, 3.05) is 0 Å². The molecule has 0 amide bonds. The number of nitrogens with two attached hydrogens (primary N) is 1. The molecule has 0 saturated heterocycles. The molecule has 1 unspecified atom stereocenters. The Morgan fingerprint density at radius 3 is 2.44 bits per heavy atom. The highest BCUT2D eigenvalue weighted by atomic mass is 16.4. The molecule has 3 nitrogen and oxygen atoms in total. The van der Waals surface area contributed by atoms with Gasteiger partial charge in [0.25, 0.3) is 0 Å². The lowest BCUT2D eigenvalue weighted by atomic mass is 9.97. The molecule has 0 bridgehead atoms. The van der Waals surface area contributed by atoms with Crippen LogP contribution in [0.4, 0.5) is 0 Å². The van der Waals surface area contributed by atoms with Crippen LogP contribution in [0.1, 0.15) is 36.8 Å². The molecule has 3 N–H and O–H groups in total. The van der Waals surface area contributed by atoms with Crippen molar-refractivity contribution >= 4 is 5.97 Å². The zero-order valence-corrected chi connectivity index (χ0v) is 9.44. The van der Waals surface area contributed by atoms with Crippen molar-refractivity contribution in [3.8, 4) is 0 Å². The molecule has 1 atom stereocenters. The molecular formula is C13H17NO2. The highest BCUT2D eigenvalue weighted by Gasteiger charge is 2.37.